The number of methoxy groups -OCH3 is 1. The minimum Gasteiger partial charge on any atom is -0.496 e. The number of para-hydroxylation sites is 1. The summed E-state index contributed by atoms with van der Waals surface area (Å²) in [5.41, 5.74) is 3.18. The summed E-state index contributed by atoms with van der Waals surface area (Å²) in [7, 11) is 1.57. The van der Waals surface area contributed by atoms with Crippen molar-refractivity contribution in [2.45, 2.75) is 46.3 Å². The summed E-state index contributed by atoms with van der Waals surface area (Å²) in [6.07, 6.45) is -0.925. The molecule has 0 spiro atoms. The van der Waals surface area contributed by atoms with E-state index in [1.165, 1.54) is 12.5 Å². The number of ether oxygens (including phenoxy) is 3. The molecule has 0 saturated carbocycles. The smallest absolute Gasteiger partial charge is 0.344 e. The van der Waals surface area contributed by atoms with Crippen molar-refractivity contribution in [3.05, 3.63) is 59.2 Å². The van der Waals surface area contributed by atoms with Crippen LogP contribution in [-0.4, -0.2) is 31.7 Å². The maximum absolute atomic E-state index is 12.2. The molecule has 0 aliphatic carbocycles. The molecule has 1 amide bonds. The highest BCUT2D eigenvalue weighted by Gasteiger charge is 2.18. The van der Waals surface area contributed by atoms with Gasteiger partial charge in [0.05, 0.1) is 7.11 Å². The van der Waals surface area contributed by atoms with Gasteiger partial charge in [0.25, 0.3) is 5.91 Å². The number of nitrogens with one attached hydrogen (secondary N) is 1. The molecule has 6 heteroatoms. The zero-order valence-electron chi connectivity index (χ0n) is 17.7. The van der Waals surface area contributed by atoms with Gasteiger partial charge in [-0.1, -0.05) is 38.1 Å². The number of aryl methyl sites for hydroxylation is 1. The van der Waals surface area contributed by atoms with E-state index in [1.54, 1.807) is 7.11 Å². The van der Waals surface area contributed by atoms with Crippen LogP contribution >= 0.6 is 0 Å². The summed E-state index contributed by atoms with van der Waals surface area (Å²) in [6, 6.07) is 13.1. The Bertz CT molecular complexity index is 847. The Morgan fingerprint density at radius 1 is 1.07 bits per heavy atom. The lowest BCUT2D eigenvalue weighted by Crippen LogP contribution is -2.36. The van der Waals surface area contributed by atoms with Gasteiger partial charge in [-0.25, -0.2) is 4.79 Å². The largest absolute Gasteiger partial charge is 0.496 e. The normalized spacial score (nSPS) is 11.7. The Hall–Kier alpha value is -3.02. The molecule has 1 N–H and O–H groups in total. The van der Waals surface area contributed by atoms with Crippen molar-refractivity contribution >= 4 is 11.9 Å². The number of amides is 1. The van der Waals surface area contributed by atoms with Crippen LogP contribution in [-0.2, 0) is 20.9 Å². The molecule has 0 aliphatic rings. The van der Waals surface area contributed by atoms with Gasteiger partial charge in [-0.15, -0.1) is 0 Å². The fraction of sp³-hybridized carbons (Fsp3) is 0.391. The Morgan fingerprint density at radius 2 is 1.79 bits per heavy atom. The Kier molecular flexibility index (Phi) is 8.07. The van der Waals surface area contributed by atoms with Crippen molar-refractivity contribution in [1.29, 1.82) is 0 Å². The van der Waals surface area contributed by atoms with Crippen molar-refractivity contribution < 1.29 is 23.8 Å². The molecule has 0 radical (unpaired) electrons. The topological polar surface area (TPSA) is 73.9 Å². The van der Waals surface area contributed by atoms with E-state index >= 15 is 0 Å². The number of hydrogen-bond acceptors (Lipinski definition) is 5. The van der Waals surface area contributed by atoms with Gasteiger partial charge >= 0.3 is 5.97 Å². The van der Waals surface area contributed by atoms with Crippen LogP contribution < -0.4 is 14.8 Å². The van der Waals surface area contributed by atoms with Gasteiger partial charge in [0.2, 0.25) is 0 Å². The van der Waals surface area contributed by atoms with Crippen molar-refractivity contribution in [2.75, 3.05) is 13.7 Å². The number of hydrogen-bond donors (Lipinski definition) is 1. The minimum absolute atomic E-state index is 0.259. The van der Waals surface area contributed by atoms with Crippen LogP contribution in [0.1, 0.15) is 43.4 Å². The molecule has 0 aliphatic heterocycles. The zero-order chi connectivity index (χ0) is 21.4. The van der Waals surface area contributed by atoms with Crippen LogP contribution in [0.4, 0.5) is 0 Å². The monoisotopic (exact) mass is 399 g/mol. The standard InChI is InChI=1S/C23H29NO5/c1-15(2)20-11-10-19(12-16(20)3)28-14-22(25)29-17(4)23(26)24-13-18-8-6-7-9-21(18)27-5/h6-12,15,17H,13-14H2,1-5H3,(H,24,26)/t17-/m1/s1. The molecular formula is C23H29NO5. The molecule has 29 heavy (non-hydrogen) atoms. The molecule has 2 rings (SSSR count). The third-order valence-corrected chi connectivity index (χ3v) is 4.54. The number of carbonyl (C=O) groups excluding carboxylic acids is 2. The quantitative estimate of drug-likeness (QED) is 0.650. The molecule has 6 nitrogen and oxygen atoms in total. The maximum atomic E-state index is 12.2. The molecular weight excluding hydrogens is 370 g/mol. The van der Waals surface area contributed by atoms with Crippen LogP contribution in [0.3, 0.4) is 0 Å². The number of benzene rings is 2. The van der Waals surface area contributed by atoms with Gasteiger partial charge in [0.1, 0.15) is 11.5 Å². The van der Waals surface area contributed by atoms with Crippen LogP contribution in [0.25, 0.3) is 0 Å². The third-order valence-electron chi connectivity index (χ3n) is 4.54. The second-order valence-electron chi connectivity index (χ2n) is 7.12. The highest BCUT2D eigenvalue weighted by Crippen LogP contribution is 2.23. The molecule has 0 aromatic heterocycles. The van der Waals surface area contributed by atoms with E-state index in [4.69, 9.17) is 14.2 Å². The van der Waals surface area contributed by atoms with Crippen LogP contribution in [0, 0.1) is 6.92 Å². The first-order valence-corrected chi connectivity index (χ1v) is 9.64. The number of carbonyl (C=O) groups is 2. The first-order valence-electron chi connectivity index (χ1n) is 9.64. The molecule has 0 bridgehead atoms. The van der Waals surface area contributed by atoms with E-state index in [9.17, 15) is 9.59 Å². The molecule has 0 fully saturated rings. The summed E-state index contributed by atoms with van der Waals surface area (Å²) in [5, 5.41) is 2.74. The van der Waals surface area contributed by atoms with Crippen molar-refractivity contribution in [3.8, 4) is 11.5 Å². The van der Waals surface area contributed by atoms with Crippen molar-refractivity contribution in [3.63, 3.8) is 0 Å². The lowest BCUT2D eigenvalue weighted by atomic mass is 9.98. The SMILES string of the molecule is COc1ccccc1CNC(=O)[C@@H](C)OC(=O)COc1ccc(C(C)C)c(C)c1. The first kappa shape index (κ1) is 22.3. The zero-order valence-corrected chi connectivity index (χ0v) is 17.7. The summed E-state index contributed by atoms with van der Waals surface area (Å²) < 4.78 is 15.9. The van der Waals surface area contributed by atoms with Crippen molar-refractivity contribution in [2.24, 2.45) is 0 Å². The highest BCUT2D eigenvalue weighted by molar-refractivity contribution is 5.83. The first-order chi connectivity index (χ1) is 13.8. The Balaban J connectivity index is 1.80. The van der Waals surface area contributed by atoms with Crippen molar-refractivity contribution in [1.82, 2.24) is 5.32 Å². The Morgan fingerprint density at radius 3 is 2.45 bits per heavy atom. The summed E-state index contributed by atoms with van der Waals surface area (Å²) in [5.74, 6) is 0.711. The predicted octanol–water partition coefficient (Wildman–Crippen LogP) is 3.75. The average Bonchev–Trinajstić information content (AvgIpc) is 2.70. The summed E-state index contributed by atoms with van der Waals surface area (Å²) >= 11 is 0. The van der Waals surface area contributed by atoms with Gasteiger partial charge in [0.15, 0.2) is 12.7 Å². The average molecular weight is 399 g/mol. The molecule has 2 aromatic rings. The Labute approximate surface area is 172 Å². The van der Waals surface area contributed by atoms with Gasteiger partial charge < -0.3 is 19.5 Å². The van der Waals surface area contributed by atoms with E-state index in [-0.39, 0.29) is 19.1 Å². The molecule has 0 unspecified atom stereocenters. The van der Waals surface area contributed by atoms with Crippen LogP contribution in [0.15, 0.2) is 42.5 Å². The third kappa shape index (κ3) is 6.52. The molecule has 1 atom stereocenters. The fourth-order valence-corrected chi connectivity index (χ4v) is 2.99. The lowest BCUT2D eigenvalue weighted by molar-refractivity contribution is -0.156. The second kappa shape index (κ2) is 10.5. The fourth-order valence-electron chi connectivity index (χ4n) is 2.99. The van der Waals surface area contributed by atoms with E-state index in [0.29, 0.717) is 17.4 Å². The molecule has 0 saturated heterocycles. The van der Waals surface area contributed by atoms with Gasteiger partial charge in [-0.05, 0) is 49.1 Å². The highest BCUT2D eigenvalue weighted by atomic mass is 16.6. The second-order valence-corrected chi connectivity index (χ2v) is 7.12. The van der Waals surface area contributed by atoms with Gasteiger partial charge in [-0.3, -0.25) is 4.79 Å². The minimum atomic E-state index is -0.925. The summed E-state index contributed by atoms with van der Waals surface area (Å²) in [4.78, 5) is 24.2. The van der Waals surface area contributed by atoms with Gasteiger partial charge in [-0.2, -0.15) is 0 Å². The van der Waals surface area contributed by atoms with Crippen LogP contribution in [0.5, 0.6) is 11.5 Å². The van der Waals surface area contributed by atoms with Crippen LogP contribution in [0.2, 0.25) is 0 Å². The predicted molar refractivity (Wildman–Crippen MR) is 111 cm³/mol. The molecule has 156 valence electrons. The molecule has 0 heterocycles. The lowest BCUT2D eigenvalue weighted by Gasteiger charge is -2.15. The van der Waals surface area contributed by atoms with Gasteiger partial charge in [0, 0.05) is 12.1 Å². The maximum Gasteiger partial charge on any atom is 0.344 e. The van der Waals surface area contributed by atoms with E-state index < -0.39 is 12.1 Å². The van der Waals surface area contributed by atoms with E-state index in [2.05, 4.69) is 19.2 Å². The molecule has 2 aromatic carbocycles. The van der Waals surface area contributed by atoms with E-state index in [0.717, 1.165) is 11.1 Å². The van der Waals surface area contributed by atoms with E-state index in [1.807, 2.05) is 49.4 Å². The number of esters is 1. The summed E-state index contributed by atoms with van der Waals surface area (Å²) in [6.45, 7) is 7.81. The number of rotatable bonds is 9.